The summed E-state index contributed by atoms with van der Waals surface area (Å²) in [6, 6.07) is 0. The highest BCUT2D eigenvalue weighted by molar-refractivity contribution is 5.69. The Morgan fingerprint density at radius 1 is 0.909 bits per heavy atom. The monoisotopic (exact) mass is 322 g/mol. The lowest BCUT2D eigenvalue weighted by Crippen LogP contribution is -2.48. The number of hydrogen-bond donors (Lipinski definition) is 5. The first-order valence-corrected chi connectivity index (χ1v) is 7.93. The standard InChI is InChI=1S/C15H30O7/c1-2-3-4-5-6-7-8-13(19)22-12(10-17)15(21)14(20)11(18)9-16/h11-12,14-18,20-21H,2-10H2,1H3/t11-,12+,14+,15+/m0/s1. The molecule has 132 valence electrons. The van der Waals surface area contributed by atoms with Gasteiger partial charge in [0.1, 0.15) is 18.3 Å². The molecule has 0 saturated heterocycles. The number of unbranched alkanes of at least 4 members (excludes halogenated alkanes) is 5. The molecule has 0 aliphatic rings. The van der Waals surface area contributed by atoms with Crippen molar-refractivity contribution in [2.75, 3.05) is 13.2 Å². The fourth-order valence-corrected chi connectivity index (χ4v) is 2.05. The largest absolute Gasteiger partial charge is 0.457 e. The second-order valence-corrected chi connectivity index (χ2v) is 5.46. The summed E-state index contributed by atoms with van der Waals surface area (Å²) >= 11 is 0. The molecule has 0 fully saturated rings. The summed E-state index contributed by atoms with van der Waals surface area (Å²) < 4.78 is 4.91. The Bertz CT molecular complexity index is 285. The van der Waals surface area contributed by atoms with E-state index >= 15 is 0 Å². The van der Waals surface area contributed by atoms with Gasteiger partial charge < -0.3 is 30.3 Å². The van der Waals surface area contributed by atoms with Crippen molar-refractivity contribution in [2.45, 2.75) is 76.3 Å². The first kappa shape index (κ1) is 21.3. The van der Waals surface area contributed by atoms with Gasteiger partial charge in [-0.25, -0.2) is 0 Å². The number of ether oxygens (including phenoxy) is 1. The molecule has 0 aliphatic carbocycles. The van der Waals surface area contributed by atoms with Crippen LogP contribution in [0.25, 0.3) is 0 Å². The maximum absolute atomic E-state index is 11.6. The number of aliphatic hydroxyl groups excluding tert-OH is 5. The van der Waals surface area contributed by atoms with Crippen molar-refractivity contribution in [3.63, 3.8) is 0 Å². The van der Waals surface area contributed by atoms with Crippen LogP contribution in [0.4, 0.5) is 0 Å². The predicted octanol–water partition coefficient (Wildman–Crippen LogP) is -0.284. The zero-order valence-electron chi connectivity index (χ0n) is 13.2. The molecule has 0 amide bonds. The van der Waals surface area contributed by atoms with Crippen LogP contribution in [0.1, 0.15) is 51.9 Å². The van der Waals surface area contributed by atoms with Crippen LogP contribution in [-0.4, -0.2) is 69.1 Å². The van der Waals surface area contributed by atoms with Gasteiger partial charge in [0.15, 0.2) is 6.10 Å². The zero-order valence-corrected chi connectivity index (χ0v) is 13.2. The normalized spacial score (nSPS) is 16.8. The second kappa shape index (κ2) is 12.8. The lowest BCUT2D eigenvalue weighted by atomic mass is 10.0. The van der Waals surface area contributed by atoms with Crippen LogP contribution in [-0.2, 0) is 9.53 Å². The highest BCUT2D eigenvalue weighted by Crippen LogP contribution is 2.11. The van der Waals surface area contributed by atoms with E-state index in [1.807, 2.05) is 0 Å². The Morgan fingerprint density at radius 3 is 2.05 bits per heavy atom. The van der Waals surface area contributed by atoms with E-state index in [0.29, 0.717) is 6.42 Å². The van der Waals surface area contributed by atoms with E-state index in [-0.39, 0.29) is 6.42 Å². The highest BCUT2D eigenvalue weighted by Gasteiger charge is 2.33. The van der Waals surface area contributed by atoms with E-state index in [9.17, 15) is 20.1 Å². The number of carbonyl (C=O) groups is 1. The summed E-state index contributed by atoms with van der Waals surface area (Å²) in [5.41, 5.74) is 0. The third-order valence-electron chi connectivity index (χ3n) is 3.51. The molecule has 5 N–H and O–H groups in total. The van der Waals surface area contributed by atoms with E-state index in [2.05, 4.69) is 6.92 Å². The second-order valence-electron chi connectivity index (χ2n) is 5.46. The first-order valence-electron chi connectivity index (χ1n) is 7.93. The molecule has 0 aromatic heterocycles. The van der Waals surface area contributed by atoms with Gasteiger partial charge in [-0.3, -0.25) is 4.79 Å². The Labute approximate surface area is 131 Å². The first-order chi connectivity index (χ1) is 10.5. The van der Waals surface area contributed by atoms with E-state index in [4.69, 9.17) is 14.9 Å². The van der Waals surface area contributed by atoms with E-state index in [0.717, 1.165) is 25.7 Å². The average molecular weight is 322 g/mol. The van der Waals surface area contributed by atoms with Crippen molar-refractivity contribution in [3.05, 3.63) is 0 Å². The maximum Gasteiger partial charge on any atom is 0.306 e. The minimum absolute atomic E-state index is 0.175. The predicted molar refractivity (Wildman–Crippen MR) is 80.1 cm³/mol. The minimum Gasteiger partial charge on any atom is -0.457 e. The van der Waals surface area contributed by atoms with Crippen LogP contribution in [0.3, 0.4) is 0 Å². The van der Waals surface area contributed by atoms with Crippen molar-refractivity contribution in [3.8, 4) is 0 Å². The number of hydrogen-bond acceptors (Lipinski definition) is 7. The molecule has 0 aromatic carbocycles. The topological polar surface area (TPSA) is 127 Å². The fraction of sp³-hybridized carbons (Fsp3) is 0.933. The van der Waals surface area contributed by atoms with Crippen LogP contribution >= 0.6 is 0 Å². The third-order valence-corrected chi connectivity index (χ3v) is 3.51. The van der Waals surface area contributed by atoms with Gasteiger partial charge in [0, 0.05) is 6.42 Å². The molecule has 0 aliphatic heterocycles. The summed E-state index contributed by atoms with van der Waals surface area (Å²) in [6.45, 7) is 0.695. The number of carbonyl (C=O) groups excluding carboxylic acids is 1. The average Bonchev–Trinajstić information content (AvgIpc) is 2.53. The van der Waals surface area contributed by atoms with Crippen LogP contribution < -0.4 is 0 Å². The quantitative estimate of drug-likeness (QED) is 0.233. The van der Waals surface area contributed by atoms with Crippen molar-refractivity contribution in [1.29, 1.82) is 0 Å². The molecule has 7 nitrogen and oxygen atoms in total. The molecular weight excluding hydrogens is 292 g/mol. The zero-order chi connectivity index (χ0) is 17.0. The summed E-state index contributed by atoms with van der Waals surface area (Å²) in [5, 5.41) is 46.3. The molecule has 4 atom stereocenters. The highest BCUT2D eigenvalue weighted by atomic mass is 16.6. The Morgan fingerprint density at radius 2 is 1.50 bits per heavy atom. The van der Waals surface area contributed by atoms with Crippen molar-refractivity contribution in [1.82, 2.24) is 0 Å². The van der Waals surface area contributed by atoms with Crippen LogP contribution in [0.2, 0.25) is 0 Å². The molecule has 0 aromatic rings. The Kier molecular flexibility index (Phi) is 12.4. The molecule has 7 heteroatoms. The Balaban J connectivity index is 4.07. The summed E-state index contributed by atoms with van der Waals surface area (Å²) in [5.74, 6) is -0.570. The number of rotatable bonds is 13. The molecule has 0 rings (SSSR count). The van der Waals surface area contributed by atoms with Gasteiger partial charge in [0.25, 0.3) is 0 Å². The molecule has 0 radical (unpaired) electrons. The van der Waals surface area contributed by atoms with Gasteiger partial charge in [0.2, 0.25) is 0 Å². The van der Waals surface area contributed by atoms with Crippen molar-refractivity contribution in [2.24, 2.45) is 0 Å². The van der Waals surface area contributed by atoms with Crippen LogP contribution in [0, 0.1) is 0 Å². The molecule has 0 saturated carbocycles. The fourth-order valence-electron chi connectivity index (χ4n) is 2.05. The summed E-state index contributed by atoms with van der Waals surface area (Å²) in [4.78, 5) is 11.6. The minimum atomic E-state index is -1.70. The van der Waals surface area contributed by atoms with Crippen molar-refractivity contribution < 1.29 is 35.1 Å². The number of esters is 1. The van der Waals surface area contributed by atoms with Gasteiger partial charge in [-0.1, -0.05) is 39.0 Å². The molecule has 0 unspecified atom stereocenters. The lowest BCUT2D eigenvalue weighted by Gasteiger charge is -2.27. The maximum atomic E-state index is 11.6. The van der Waals surface area contributed by atoms with Gasteiger partial charge in [0.05, 0.1) is 13.2 Å². The third kappa shape index (κ3) is 8.65. The lowest BCUT2D eigenvalue weighted by molar-refractivity contribution is -0.171. The molecule has 22 heavy (non-hydrogen) atoms. The van der Waals surface area contributed by atoms with Gasteiger partial charge in [-0.2, -0.15) is 0 Å². The molecule has 0 spiro atoms. The molecule has 0 bridgehead atoms. The van der Waals surface area contributed by atoms with Gasteiger partial charge in [-0.05, 0) is 6.42 Å². The summed E-state index contributed by atoms with van der Waals surface area (Å²) in [7, 11) is 0. The SMILES string of the molecule is CCCCCCCCC(=O)O[C@H](CO)[C@@H](O)[C@H](O)[C@@H](O)CO. The van der Waals surface area contributed by atoms with Crippen molar-refractivity contribution >= 4 is 5.97 Å². The van der Waals surface area contributed by atoms with E-state index < -0.39 is 43.6 Å². The van der Waals surface area contributed by atoms with E-state index in [1.165, 1.54) is 6.42 Å². The molecular formula is C15H30O7. The van der Waals surface area contributed by atoms with E-state index in [1.54, 1.807) is 0 Å². The van der Waals surface area contributed by atoms with Gasteiger partial charge >= 0.3 is 5.97 Å². The summed E-state index contributed by atoms with van der Waals surface area (Å²) in [6.07, 6.45) is -0.00716. The van der Waals surface area contributed by atoms with Crippen LogP contribution in [0.5, 0.6) is 0 Å². The van der Waals surface area contributed by atoms with Crippen LogP contribution in [0.15, 0.2) is 0 Å². The number of aliphatic hydroxyl groups is 5. The molecule has 0 heterocycles. The Hall–Kier alpha value is -0.730. The smallest absolute Gasteiger partial charge is 0.306 e. The van der Waals surface area contributed by atoms with Gasteiger partial charge in [-0.15, -0.1) is 0 Å².